The smallest absolute Gasteiger partial charge is 0.126 e. The van der Waals surface area contributed by atoms with Gasteiger partial charge < -0.3 is 0 Å². The molecule has 1 heterocycles. The lowest BCUT2D eigenvalue weighted by Gasteiger charge is -2.48. The molecule has 3 heteroatoms. The Balaban J connectivity index is 1.73. The molecule has 1 saturated heterocycles. The summed E-state index contributed by atoms with van der Waals surface area (Å²) in [5, 5.41) is 0.398. The zero-order chi connectivity index (χ0) is 10.7. The summed E-state index contributed by atoms with van der Waals surface area (Å²) in [5.74, 6) is 1.21. The summed E-state index contributed by atoms with van der Waals surface area (Å²) in [6.07, 6.45) is 5.80. The minimum Gasteiger partial charge on any atom is -0.287 e. The molecule has 2 fully saturated rings. The average Bonchev–Trinajstić information content (AvgIpc) is 2.87. The molecule has 2 bridgehead atoms. The van der Waals surface area contributed by atoms with Crippen LogP contribution in [0.3, 0.4) is 0 Å². The lowest BCUT2D eigenvalue weighted by atomic mass is 10.00. The van der Waals surface area contributed by atoms with E-state index in [1.165, 1.54) is 6.42 Å². The Hall–Kier alpha value is -1.09. The van der Waals surface area contributed by atoms with E-state index in [4.69, 9.17) is 0 Å². The molecule has 16 heavy (non-hydrogen) atoms. The van der Waals surface area contributed by atoms with Crippen LogP contribution in [0.4, 0.5) is 5.69 Å². The quantitative estimate of drug-likeness (QED) is 0.678. The molecule has 1 aromatic carbocycles. The Morgan fingerprint density at radius 1 is 1.12 bits per heavy atom. The predicted molar refractivity (Wildman–Crippen MR) is 65.4 cm³/mol. The molecule has 2 aliphatic carbocycles. The maximum absolute atomic E-state index is 12.2. The highest BCUT2D eigenvalue weighted by Crippen LogP contribution is 2.52. The second kappa shape index (κ2) is 2.98. The van der Waals surface area contributed by atoms with Gasteiger partial charge in [-0.3, -0.25) is 4.31 Å². The summed E-state index contributed by atoms with van der Waals surface area (Å²) < 4.78 is 14.3. The van der Waals surface area contributed by atoms with Crippen molar-refractivity contribution in [3.8, 4) is 0 Å². The third kappa shape index (κ3) is 0.950. The number of nitrogens with zero attached hydrogens (tertiary/aromatic N) is 1. The van der Waals surface area contributed by atoms with Gasteiger partial charge in [-0.15, -0.1) is 0 Å². The lowest BCUT2D eigenvalue weighted by molar-refractivity contribution is 0.521. The second-order valence-corrected chi connectivity index (χ2v) is 6.33. The first-order valence-corrected chi connectivity index (χ1v) is 6.96. The molecule has 1 aliphatic heterocycles. The van der Waals surface area contributed by atoms with Gasteiger partial charge >= 0.3 is 0 Å². The highest BCUT2D eigenvalue weighted by molar-refractivity contribution is 7.88. The summed E-state index contributed by atoms with van der Waals surface area (Å²) in [4.78, 5) is 0. The van der Waals surface area contributed by atoms with Gasteiger partial charge in [0.25, 0.3) is 0 Å². The molecule has 0 spiro atoms. The molecule has 2 nitrogen and oxygen atoms in total. The van der Waals surface area contributed by atoms with E-state index < -0.39 is 11.0 Å². The fraction of sp³-hybridized carbons (Fsp3) is 0.385. The van der Waals surface area contributed by atoms with Gasteiger partial charge in [-0.05, 0) is 24.5 Å². The summed E-state index contributed by atoms with van der Waals surface area (Å²) in [6.45, 7) is 0. The molecular weight excluding hydrogens is 218 g/mol. The number of fused-ring (bicyclic) bond motifs is 5. The van der Waals surface area contributed by atoms with Crippen LogP contribution in [0.1, 0.15) is 6.42 Å². The molecule has 1 aromatic rings. The molecule has 4 rings (SSSR count). The minimum absolute atomic E-state index is 0.398. The van der Waals surface area contributed by atoms with Gasteiger partial charge in [-0.2, -0.15) is 0 Å². The molecule has 0 N–H and O–H groups in total. The lowest BCUT2D eigenvalue weighted by Crippen LogP contribution is -2.62. The number of hydrogen-bond acceptors (Lipinski definition) is 1. The van der Waals surface area contributed by atoms with E-state index in [-0.39, 0.29) is 0 Å². The Morgan fingerprint density at radius 2 is 1.88 bits per heavy atom. The first-order valence-electron chi connectivity index (χ1n) is 5.79. The molecule has 0 aromatic heterocycles. The van der Waals surface area contributed by atoms with E-state index >= 15 is 0 Å². The van der Waals surface area contributed by atoms with Crippen LogP contribution in [0.25, 0.3) is 0 Å². The fourth-order valence-electron chi connectivity index (χ4n) is 3.37. The van der Waals surface area contributed by atoms with Crippen LogP contribution in [0.5, 0.6) is 0 Å². The standard InChI is InChI=1S/C13H13NOS/c15-16-13-10-7-6-9(8-10)12(13)14(16)11-4-2-1-3-5-11/h1-7,9-10,12-13H,8H2. The van der Waals surface area contributed by atoms with Gasteiger partial charge in [-0.1, -0.05) is 30.4 Å². The SMILES string of the molecule is O=S1C2C3C=CC(C3)C2N1c1ccccc1. The van der Waals surface area contributed by atoms with Crippen molar-refractivity contribution in [3.63, 3.8) is 0 Å². The molecule has 82 valence electrons. The number of rotatable bonds is 1. The molecule has 0 amide bonds. The molecular formula is C13H13NOS. The number of para-hydroxylation sites is 1. The number of hydrogen-bond donors (Lipinski definition) is 0. The van der Waals surface area contributed by atoms with Gasteiger partial charge in [0.05, 0.1) is 11.3 Å². The number of allylic oxidation sites excluding steroid dienone is 1. The normalized spacial score (nSPS) is 43.2. The first kappa shape index (κ1) is 8.99. The summed E-state index contributed by atoms with van der Waals surface area (Å²) in [5.41, 5.74) is 1.11. The van der Waals surface area contributed by atoms with E-state index in [0.717, 1.165) is 5.69 Å². The van der Waals surface area contributed by atoms with Crippen molar-refractivity contribution in [3.05, 3.63) is 42.5 Å². The van der Waals surface area contributed by atoms with E-state index in [1.807, 2.05) is 18.2 Å². The van der Waals surface area contributed by atoms with Crippen LogP contribution < -0.4 is 4.31 Å². The van der Waals surface area contributed by atoms with Crippen molar-refractivity contribution in [2.75, 3.05) is 4.31 Å². The first-order chi connectivity index (χ1) is 7.86. The van der Waals surface area contributed by atoms with Crippen LogP contribution in [0, 0.1) is 11.8 Å². The van der Waals surface area contributed by atoms with Crippen molar-refractivity contribution in [2.24, 2.45) is 11.8 Å². The zero-order valence-electron chi connectivity index (χ0n) is 8.82. The maximum atomic E-state index is 12.2. The van der Waals surface area contributed by atoms with Crippen LogP contribution in [-0.2, 0) is 11.0 Å². The van der Waals surface area contributed by atoms with E-state index in [9.17, 15) is 4.21 Å². The minimum atomic E-state index is -0.804. The van der Waals surface area contributed by atoms with Gasteiger partial charge in [0.15, 0.2) is 0 Å². The van der Waals surface area contributed by atoms with E-state index in [2.05, 4.69) is 28.6 Å². The van der Waals surface area contributed by atoms with Crippen molar-refractivity contribution < 1.29 is 4.21 Å². The second-order valence-electron chi connectivity index (χ2n) is 4.84. The monoisotopic (exact) mass is 231 g/mol. The van der Waals surface area contributed by atoms with Crippen molar-refractivity contribution in [1.82, 2.24) is 0 Å². The van der Waals surface area contributed by atoms with Gasteiger partial charge in [0.1, 0.15) is 11.0 Å². The number of anilines is 1. The summed E-state index contributed by atoms with van der Waals surface area (Å²) >= 11 is 0. The van der Waals surface area contributed by atoms with Gasteiger partial charge in [-0.25, -0.2) is 4.21 Å². The third-order valence-corrected chi connectivity index (χ3v) is 5.99. The summed E-state index contributed by atoms with van der Waals surface area (Å²) in [6, 6.07) is 10.7. The zero-order valence-corrected chi connectivity index (χ0v) is 9.64. The summed E-state index contributed by atoms with van der Waals surface area (Å²) in [7, 11) is -0.804. The van der Waals surface area contributed by atoms with Gasteiger partial charge in [0.2, 0.25) is 0 Å². The van der Waals surface area contributed by atoms with Crippen LogP contribution in [0.15, 0.2) is 42.5 Å². The van der Waals surface area contributed by atoms with Crippen LogP contribution in [-0.4, -0.2) is 15.5 Å². The average molecular weight is 231 g/mol. The number of benzene rings is 1. The predicted octanol–water partition coefficient (Wildman–Crippen LogP) is 2.11. The van der Waals surface area contributed by atoms with Crippen molar-refractivity contribution in [1.29, 1.82) is 0 Å². The maximum Gasteiger partial charge on any atom is 0.126 e. The molecule has 3 aliphatic rings. The Labute approximate surface area is 97.5 Å². The third-order valence-electron chi connectivity index (χ3n) is 4.06. The van der Waals surface area contributed by atoms with Gasteiger partial charge in [0, 0.05) is 11.6 Å². The van der Waals surface area contributed by atoms with Crippen LogP contribution >= 0.6 is 0 Å². The molecule has 0 radical (unpaired) electrons. The Kier molecular flexibility index (Phi) is 1.67. The highest BCUT2D eigenvalue weighted by atomic mass is 32.2. The van der Waals surface area contributed by atoms with E-state index in [0.29, 0.717) is 23.1 Å². The van der Waals surface area contributed by atoms with Crippen molar-refractivity contribution in [2.45, 2.75) is 17.7 Å². The Morgan fingerprint density at radius 3 is 2.69 bits per heavy atom. The van der Waals surface area contributed by atoms with E-state index in [1.54, 1.807) is 0 Å². The topological polar surface area (TPSA) is 20.3 Å². The highest BCUT2D eigenvalue weighted by Gasteiger charge is 2.59. The fourth-order valence-corrected chi connectivity index (χ4v) is 5.35. The molecule has 1 saturated carbocycles. The van der Waals surface area contributed by atoms with Crippen molar-refractivity contribution >= 4 is 16.7 Å². The molecule has 5 atom stereocenters. The molecule has 5 unspecified atom stereocenters. The Bertz CT molecular complexity index is 484. The largest absolute Gasteiger partial charge is 0.287 e. The van der Waals surface area contributed by atoms with Crippen LogP contribution in [0.2, 0.25) is 0 Å².